The number of nitrogens with zero attached hydrogens (tertiary/aromatic N) is 4. The van der Waals surface area contributed by atoms with Crippen LogP contribution in [0.15, 0.2) is 112 Å². The van der Waals surface area contributed by atoms with Gasteiger partial charge in [0.2, 0.25) is 0 Å². The molecule has 11 nitrogen and oxygen atoms in total. The Balaban J connectivity index is 1.11. The molecule has 60 heavy (non-hydrogen) atoms. The van der Waals surface area contributed by atoms with Gasteiger partial charge in [-0.25, -0.2) is 21.6 Å². The first-order valence-corrected chi connectivity index (χ1v) is 24.0. The molecule has 2 heterocycles. The van der Waals surface area contributed by atoms with Crippen molar-refractivity contribution in [2.45, 2.75) is 58.0 Å². The fraction of sp³-hybridized carbons (Fsp3) is 0.405. The topological polar surface area (TPSA) is 122 Å². The molecule has 2 aliphatic heterocycles. The van der Waals surface area contributed by atoms with Crippen LogP contribution in [0.4, 0.5) is 30.2 Å². The summed E-state index contributed by atoms with van der Waals surface area (Å²) in [6.45, 7) is 5.68. The first-order chi connectivity index (χ1) is 28.5. The standard InChI is InChI=1S/C42H50ClF3N6O5S3/c1-49(2)23-21-33(30-58-37-9-4-3-5-10-37)47-39-20-19-38(28-40(39)59(54,55)42(44,45)46)60(56,57)48-41(53)31-11-15-34(16-12-31)51-26-24-50(25-27-51)29-36-8-6-7-22-52(36)35-17-13-32(43)14-18-35/h3-5,9-20,28,33,36,47H,6-8,21-27,29-30H2,1-2H3,(H,48,53)/t33-,36?/m1/s1. The summed E-state index contributed by atoms with van der Waals surface area (Å²) < 4.78 is 96.7. The number of rotatable bonds is 16. The molecule has 18 heteroatoms. The van der Waals surface area contributed by atoms with E-state index in [0.717, 1.165) is 74.8 Å². The van der Waals surface area contributed by atoms with Crippen LogP contribution in [0.1, 0.15) is 36.0 Å². The second kappa shape index (κ2) is 19.8. The van der Waals surface area contributed by atoms with Gasteiger partial charge in [0.1, 0.15) is 4.90 Å². The molecule has 2 aliphatic rings. The predicted molar refractivity (Wildman–Crippen MR) is 234 cm³/mol. The number of carbonyl (C=O) groups excluding carboxylic acids is 1. The van der Waals surface area contributed by atoms with Crippen molar-refractivity contribution in [3.8, 4) is 0 Å². The van der Waals surface area contributed by atoms with E-state index in [0.29, 0.717) is 35.8 Å². The SMILES string of the molecule is CN(C)CC[C@H](CSc1ccccc1)Nc1ccc(S(=O)(=O)NC(=O)c2ccc(N3CCN(CC4CCCCN4c4ccc(Cl)cc4)CC3)cc2)cc1S(=O)(=O)C(F)(F)F. The Labute approximate surface area is 360 Å². The van der Waals surface area contributed by atoms with E-state index in [4.69, 9.17) is 11.6 Å². The summed E-state index contributed by atoms with van der Waals surface area (Å²) in [5, 5.41) is 3.65. The average molecular weight is 908 g/mol. The summed E-state index contributed by atoms with van der Waals surface area (Å²) in [5.74, 6) is -0.646. The smallest absolute Gasteiger partial charge is 0.380 e. The monoisotopic (exact) mass is 906 g/mol. The Morgan fingerprint density at radius 1 is 0.867 bits per heavy atom. The van der Waals surface area contributed by atoms with Crippen LogP contribution in [0.25, 0.3) is 0 Å². The predicted octanol–water partition coefficient (Wildman–Crippen LogP) is 7.46. The van der Waals surface area contributed by atoms with Gasteiger partial charge in [0, 0.05) is 84.0 Å². The second-order valence-electron chi connectivity index (χ2n) is 15.3. The number of carbonyl (C=O) groups is 1. The van der Waals surface area contributed by atoms with Gasteiger partial charge in [-0.3, -0.25) is 9.69 Å². The van der Waals surface area contributed by atoms with Gasteiger partial charge in [-0.05, 0) is 125 Å². The molecular weight excluding hydrogens is 857 g/mol. The number of halogens is 4. The van der Waals surface area contributed by atoms with Gasteiger partial charge in [0.05, 0.1) is 10.6 Å². The minimum absolute atomic E-state index is 0.00150. The van der Waals surface area contributed by atoms with Crippen molar-refractivity contribution in [2.24, 2.45) is 0 Å². The lowest BCUT2D eigenvalue weighted by molar-refractivity contribution is -0.0435. The maximum absolute atomic E-state index is 14.0. The van der Waals surface area contributed by atoms with E-state index in [9.17, 15) is 34.8 Å². The zero-order chi connectivity index (χ0) is 43.1. The minimum atomic E-state index is -6.03. The summed E-state index contributed by atoms with van der Waals surface area (Å²) in [6, 6.07) is 26.0. The van der Waals surface area contributed by atoms with Crippen LogP contribution in [0.2, 0.25) is 5.02 Å². The number of thioether (sulfide) groups is 1. The van der Waals surface area contributed by atoms with Gasteiger partial charge in [0.25, 0.3) is 25.8 Å². The third-order valence-electron chi connectivity index (χ3n) is 10.7. The number of alkyl halides is 3. The highest BCUT2D eigenvalue weighted by Crippen LogP contribution is 2.37. The number of anilines is 3. The first-order valence-electron chi connectivity index (χ1n) is 19.7. The highest BCUT2D eigenvalue weighted by atomic mass is 35.5. The van der Waals surface area contributed by atoms with E-state index in [1.165, 1.54) is 36.0 Å². The minimum Gasteiger partial charge on any atom is -0.380 e. The number of piperidine rings is 1. The van der Waals surface area contributed by atoms with Gasteiger partial charge in [-0.15, -0.1) is 11.8 Å². The molecule has 0 spiro atoms. The maximum atomic E-state index is 14.0. The molecule has 0 aliphatic carbocycles. The quantitative estimate of drug-likeness (QED) is 0.109. The third kappa shape index (κ3) is 11.7. The Hall–Kier alpha value is -4.00. The lowest BCUT2D eigenvalue weighted by Gasteiger charge is -2.43. The molecule has 4 aromatic rings. The number of hydrogen-bond acceptors (Lipinski definition) is 11. The second-order valence-corrected chi connectivity index (χ2v) is 20.4. The van der Waals surface area contributed by atoms with Crippen molar-refractivity contribution in [1.29, 1.82) is 0 Å². The molecule has 6 rings (SSSR count). The lowest BCUT2D eigenvalue weighted by atomic mass is 10.00. The summed E-state index contributed by atoms with van der Waals surface area (Å²) in [4.78, 5) is 21.1. The number of hydrogen-bond donors (Lipinski definition) is 2. The van der Waals surface area contributed by atoms with E-state index in [-0.39, 0.29) is 5.56 Å². The Kier molecular flexibility index (Phi) is 15.0. The molecule has 324 valence electrons. The Morgan fingerprint density at radius 3 is 2.18 bits per heavy atom. The summed E-state index contributed by atoms with van der Waals surface area (Å²) in [7, 11) is -7.18. The van der Waals surface area contributed by atoms with E-state index >= 15 is 0 Å². The molecule has 1 unspecified atom stereocenters. The van der Waals surface area contributed by atoms with Gasteiger partial charge in [0.15, 0.2) is 0 Å². The molecular formula is C42H50ClF3N6O5S3. The van der Waals surface area contributed by atoms with Crippen molar-refractivity contribution in [2.75, 3.05) is 80.8 Å². The molecule has 4 aromatic carbocycles. The van der Waals surface area contributed by atoms with Crippen molar-refractivity contribution in [1.82, 2.24) is 14.5 Å². The zero-order valence-corrected chi connectivity index (χ0v) is 36.6. The number of piperazine rings is 1. The largest absolute Gasteiger partial charge is 0.501 e. The summed E-state index contributed by atoms with van der Waals surface area (Å²) in [5.41, 5.74) is -4.10. The van der Waals surface area contributed by atoms with E-state index in [2.05, 4.69) is 32.1 Å². The van der Waals surface area contributed by atoms with Crippen molar-refractivity contribution in [3.05, 3.63) is 108 Å². The molecule has 0 bridgehead atoms. The van der Waals surface area contributed by atoms with Crippen LogP contribution in [-0.2, 0) is 19.9 Å². The van der Waals surface area contributed by atoms with Crippen molar-refractivity contribution >= 4 is 66.2 Å². The average Bonchev–Trinajstić information content (AvgIpc) is 3.22. The first kappa shape index (κ1) is 45.5. The Bertz CT molecular complexity index is 2280. The van der Waals surface area contributed by atoms with Gasteiger partial charge in [-0.2, -0.15) is 13.2 Å². The number of nitrogens with one attached hydrogen (secondary N) is 2. The molecule has 2 saturated heterocycles. The molecule has 2 atom stereocenters. The third-order valence-corrected chi connectivity index (χ3v) is 15.0. The van der Waals surface area contributed by atoms with Gasteiger partial charge < -0.3 is 20.0 Å². The zero-order valence-electron chi connectivity index (χ0n) is 33.4. The number of sulfonamides is 1. The molecule has 0 radical (unpaired) electrons. The highest BCUT2D eigenvalue weighted by Gasteiger charge is 2.48. The van der Waals surface area contributed by atoms with E-state index < -0.39 is 52.8 Å². The number of sulfone groups is 1. The van der Waals surface area contributed by atoms with Crippen LogP contribution < -0.4 is 19.8 Å². The molecule has 1 amide bonds. The molecule has 0 saturated carbocycles. The van der Waals surface area contributed by atoms with Gasteiger partial charge in [-0.1, -0.05) is 29.8 Å². The molecule has 2 fully saturated rings. The fourth-order valence-corrected chi connectivity index (χ4v) is 10.5. The van der Waals surface area contributed by atoms with Crippen LogP contribution in [-0.4, -0.2) is 116 Å². The van der Waals surface area contributed by atoms with Gasteiger partial charge >= 0.3 is 5.51 Å². The van der Waals surface area contributed by atoms with Crippen LogP contribution >= 0.6 is 23.4 Å². The lowest BCUT2D eigenvalue weighted by Crippen LogP contribution is -2.52. The number of benzene rings is 4. The highest BCUT2D eigenvalue weighted by molar-refractivity contribution is 7.99. The fourth-order valence-electron chi connectivity index (χ4n) is 7.39. The Morgan fingerprint density at radius 2 is 1.53 bits per heavy atom. The van der Waals surface area contributed by atoms with E-state index in [1.54, 1.807) is 12.1 Å². The van der Waals surface area contributed by atoms with Crippen molar-refractivity contribution < 1.29 is 34.8 Å². The normalized spacial score (nSPS) is 17.4. The van der Waals surface area contributed by atoms with Crippen LogP contribution in [0.3, 0.4) is 0 Å². The van der Waals surface area contributed by atoms with Crippen molar-refractivity contribution in [3.63, 3.8) is 0 Å². The summed E-state index contributed by atoms with van der Waals surface area (Å²) in [6.07, 6.45) is 3.89. The maximum Gasteiger partial charge on any atom is 0.501 e. The molecule has 0 aromatic heterocycles. The van der Waals surface area contributed by atoms with Crippen LogP contribution in [0.5, 0.6) is 0 Å². The van der Waals surface area contributed by atoms with E-state index in [1.807, 2.05) is 66.2 Å². The van der Waals surface area contributed by atoms with Crippen LogP contribution in [0, 0.1) is 0 Å². The summed E-state index contributed by atoms with van der Waals surface area (Å²) >= 11 is 7.57. The number of amides is 1. The molecule has 2 N–H and O–H groups in total.